The van der Waals surface area contributed by atoms with Gasteiger partial charge in [0.2, 0.25) is 0 Å². The van der Waals surface area contributed by atoms with Gasteiger partial charge in [0.15, 0.2) is 11.0 Å². The molecule has 1 aliphatic rings. The van der Waals surface area contributed by atoms with E-state index in [0.29, 0.717) is 17.1 Å². The molecule has 1 aliphatic carbocycles. The van der Waals surface area contributed by atoms with Crippen LogP contribution in [0.2, 0.25) is 5.15 Å². The van der Waals surface area contributed by atoms with E-state index in [-0.39, 0.29) is 0 Å². The number of benzene rings is 1. The van der Waals surface area contributed by atoms with Gasteiger partial charge in [0.05, 0.1) is 0 Å². The molecule has 2 atom stereocenters. The van der Waals surface area contributed by atoms with Gasteiger partial charge >= 0.3 is 0 Å². The van der Waals surface area contributed by atoms with E-state index >= 15 is 0 Å². The molecule has 4 heteroatoms. The summed E-state index contributed by atoms with van der Waals surface area (Å²) in [5, 5.41) is 14.2. The van der Waals surface area contributed by atoms with Crippen LogP contribution in [-0.4, -0.2) is 16.2 Å². The zero-order valence-electron chi connectivity index (χ0n) is 10.4. The van der Waals surface area contributed by atoms with E-state index in [1.54, 1.807) is 0 Å². The molecule has 1 aromatic carbocycles. The molecular formula is C14H16ClN3. The highest BCUT2D eigenvalue weighted by Gasteiger charge is 2.24. The molecule has 0 radical (unpaired) electrons. The van der Waals surface area contributed by atoms with Crippen LogP contribution in [-0.2, 0) is 0 Å². The quantitative estimate of drug-likeness (QED) is 0.891. The highest BCUT2D eigenvalue weighted by Crippen LogP contribution is 2.31. The van der Waals surface area contributed by atoms with Crippen molar-refractivity contribution in [3.63, 3.8) is 0 Å². The van der Waals surface area contributed by atoms with Gasteiger partial charge in [-0.05, 0) is 18.8 Å². The second-order valence-corrected chi connectivity index (χ2v) is 5.40. The van der Waals surface area contributed by atoms with E-state index in [1.807, 2.05) is 24.3 Å². The van der Waals surface area contributed by atoms with E-state index in [4.69, 9.17) is 11.6 Å². The zero-order valence-corrected chi connectivity index (χ0v) is 11.1. The first-order valence-corrected chi connectivity index (χ1v) is 6.81. The number of nitrogens with zero attached hydrogens (tertiary/aromatic N) is 2. The molecule has 3 rings (SSSR count). The summed E-state index contributed by atoms with van der Waals surface area (Å²) in [6.07, 6.45) is 3.79. The summed E-state index contributed by atoms with van der Waals surface area (Å²) in [4.78, 5) is 0. The molecule has 2 aromatic rings. The molecule has 1 heterocycles. The number of fused-ring (bicyclic) bond motifs is 1. The fourth-order valence-electron chi connectivity index (χ4n) is 2.71. The molecule has 18 heavy (non-hydrogen) atoms. The van der Waals surface area contributed by atoms with E-state index in [1.165, 1.54) is 19.3 Å². The first kappa shape index (κ1) is 11.7. The van der Waals surface area contributed by atoms with Crippen molar-refractivity contribution in [2.45, 2.75) is 32.2 Å². The van der Waals surface area contributed by atoms with Gasteiger partial charge in [-0.3, -0.25) is 0 Å². The average molecular weight is 262 g/mol. The minimum absolute atomic E-state index is 0.468. The Bertz CT molecular complexity index is 570. The Kier molecular flexibility index (Phi) is 3.08. The fourth-order valence-corrected chi connectivity index (χ4v) is 2.92. The molecule has 0 bridgehead atoms. The van der Waals surface area contributed by atoms with Crippen molar-refractivity contribution in [2.75, 3.05) is 5.32 Å². The van der Waals surface area contributed by atoms with Gasteiger partial charge in [-0.1, -0.05) is 49.2 Å². The van der Waals surface area contributed by atoms with Crippen molar-refractivity contribution < 1.29 is 0 Å². The molecule has 0 spiro atoms. The van der Waals surface area contributed by atoms with Gasteiger partial charge in [0.1, 0.15) is 0 Å². The van der Waals surface area contributed by atoms with Crippen LogP contribution in [0.25, 0.3) is 10.8 Å². The number of aromatic nitrogens is 2. The highest BCUT2D eigenvalue weighted by molar-refractivity contribution is 6.34. The van der Waals surface area contributed by atoms with Crippen molar-refractivity contribution in [1.29, 1.82) is 0 Å². The van der Waals surface area contributed by atoms with Crippen LogP contribution < -0.4 is 5.32 Å². The summed E-state index contributed by atoms with van der Waals surface area (Å²) in [6.45, 7) is 2.29. The Morgan fingerprint density at radius 1 is 1.17 bits per heavy atom. The molecule has 1 aromatic heterocycles. The molecule has 2 unspecified atom stereocenters. The van der Waals surface area contributed by atoms with Gasteiger partial charge in [-0.15, -0.1) is 10.2 Å². The summed E-state index contributed by atoms with van der Waals surface area (Å²) >= 11 is 6.07. The molecule has 0 aliphatic heterocycles. The largest absolute Gasteiger partial charge is 0.365 e. The minimum Gasteiger partial charge on any atom is -0.365 e. The van der Waals surface area contributed by atoms with E-state index < -0.39 is 0 Å². The molecule has 94 valence electrons. The van der Waals surface area contributed by atoms with Crippen LogP contribution in [0.15, 0.2) is 24.3 Å². The SMILES string of the molecule is CC1CCCC1Nc1nnc(Cl)c2ccccc12. The molecule has 3 nitrogen and oxygen atoms in total. The van der Waals surface area contributed by atoms with Gasteiger partial charge in [0.25, 0.3) is 0 Å². The Morgan fingerprint density at radius 2 is 1.94 bits per heavy atom. The number of rotatable bonds is 2. The van der Waals surface area contributed by atoms with Crippen molar-refractivity contribution >= 4 is 28.2 Å². The van der Waals surface area contributed by atoms with Crippen molar-refractivity contribution in [3.8, 4) is 0 Å². The molecular weight excluding hydrogens is 246 g/mol. The minimum atomic E-state index is 0.468. The van der Waals surface area contributed by atoms with Crippen LogP contribution in [0.1, 0.15) is 26.2 Å². The smallest absolute Gasteiger partial charge is 0.159 e. The summed E-state index contributed by atoms with van der Waals surface area (Å²) in [5.41, 5.74) is 0. The van der Waals surface area contributed by atoms with Gasteiger partial charge in [-0.2, -0.15) is 0 Å². The number of hydrogen-bond donors (Lipinski definition) is 1. The van der Waals surface area contributed by atoms with E-state index in [2.05, 4.69) is 22.4 Å². The maximum Gasteiger partial charge on any atom is 0.159 e. The number of hydrogen-bond acceptors (Lipinski definition) is 3. The van der Waals surface area contributed by atoms with Crippen LogP contribution in [0.5, 0.6) is 0 Å². The monoisotopic (exact) mass is 261 g/mol. The molecule has 1 saturated carbocycles. The third kappa shape index (κ3) is 2.03. The van der Waals surface area contributed by atoms with Crippen molar-refractivity contribution in [2.24, 2.45) is 5.92 Å². The van der Waals surface area contributed by atoms with Crippen molar-refractivity contribution in [3.05, 3.63) is 29.4 Å². The van der Waals surface area contributed by atoms with Gasteiger partial charge in [0, 0.05) is 16.8 Å². The summed E-state index contributed by atoms with van der Waals surface area (Å²) in [5.74, 6) is 1.55. The van der Waals surface area contributed by atoms with E-state index in [9.17, 15) is 0 Å². The maximum absolute atomic E-state index is 6.07. The second-order valence-electron chi connectivity index (χ2n) is 5.04. The maximum atomic E-state index is 6.07. The lowest BCUT2D eigenvalue weighted by molar-refractivity contribution is 0.554. The Hall–Kier alpha value is -1.35. The van der Waals surface area contributed by atoms with Crippen LogP contribution in [0.4, 0.5) is 5.82 Å². The topological polar surface area (TPSA) is 37.8 Å². The van der Waals surface area contributed by atoms with E-state index in [0.717, 1.165) is 16.6 Å². The summed E-state index contributed by atoms with van der Waals surface area (Å²) in [6, 6.07) is 8.50. The Labute approximate surface area is 112 Å². The normalized spacial score (nSPS) is 23.4. The standard InChI is InChI=1S/C14H16ClN3/c1-9-5-4-8-12(9)16-14-11-7-3-2-6-10(11)13(15)17-18-14/h2-3,6-7,9,12H,4-5,8H2,1H3,(H,16,18). The van der Waals surface area contributed by atoms with Crippen molar-refractivity contribution in [1.82, 2.24) is 10.2 Å². The first-order valence-electron chi connectivity index (χ1n) is 6.43. The summed E-state index contributed by atoms with van der Waals surface area (Å²) < 4.78 is 0. The lowest BCUT2D eigenvalue weighted by atomic mass is 10.1. The predicted octanol–water partition coefficient (Wildman–Crippen LogP) is 3.88. The summed E-state index contributed by atoms with van der Waals surface area (Å²) in [7, 11) is 0. The first-order chi connectivity index (χ1) is 8.75. The number of halogens is 1. The highest BCUT2D eigenvalue weighted by atomic mass is 35.5. The molecule has 1 N–H and O–H groups in total. The Morgan fingerprint density at radius 3 is 2.67 bits per heavy atom. The van der Waals surface area contributed by atoms with Crippen LogP contribution in [0, 0.1) is 5.92 Å². The second kappa shape index (κ2) is 4.73. The van der Waals surface area contributed by atoms with Gasteiger partial charge in [-0.25, -0.2) is 0 Å². The Balaban J connectivity index is 1.99. The third-order valence-electron chi connectivity index (χ3n) is 3.83. The fraction of sp³-hybridized carbons (Fsp3) is 0.429. The predicted molar refractivity (Wildman–Crippen MR) is 75.0 cm³/mol. The number of anilines is 1. The lowest BCUT2D eigenvalue weighted by Crippen LogP contribution is -2.22. The zero-order chi connectivity index (χ0) is 12.5. The van der Waals surface area contributed by atoms with Crippen LogP contribution >= 0.6 is 11.6 Å². The van der Waals surface area contributed by atoms with Crippen LogP contribution in [0.3, 0.4) is 0 Å². The molecule has 1 fully saturated rings. The van der Waals surface area contributed by atoms with Gasteiger partial charge < -0.3 is 5.32 Å². The number of nitrogens with one attached hydrogen (secondary N) is 1. The lowest BCUT2D eigenvalue weighted by Gasteiger charge is -2.18. The third-order valence-corrected chi connectivity index (χ3v) is 4.11. The average Bonchev–Trinajstić information content (AvgIpc) is 2.79. The molecule has 0 amide bonds. The molecule has 0 saturated heterocycles.